The molecule has 20 heavy (non-hydrogen) atoms. The van der Waals surface area contributed by atoms with E-state index in [1.54, 1.807) is 0 Å². The molecule has 2 saturated heterocycles. The average Bonchev–Trinajstić information content (AvgIpc) is 2.82. The van der Waals surface area contributed by atoms with Gasteiger partial charge in [-0.2, -0.15) is 0 Å². The maximum absolute atomic E-state index is 6.37. The van der Waals surface area contributed by atoms with Crippen LogP contribution in [0.5, 0.6) is 0 Å². The Bertz CT molecular complexity index is 480. The Kier molecular flexibility index (Phi) is 4.71. The predicted octanol–water partition coefficient (Wildman–Crippen LogP) is 4.38. The van der Waals surface area contributed by atoms with Crippen LogP contribution in [0.4, 0.5) is 0 Å². The fourth-order valence-electron chi connectivity index (χ4n) is 3.71. The van der Waals surface area contributed by atoms with Crippen LogP contribution in [0.3, 0.4) is 0 Å². The van der Waals surface area contributed by atoms with E-state index in [1.165, 1.54) is 44.3 Å². The molecule has 4 heteroatoms. The molecule has 110 valence electrons. The summed E-state index contributed by atoms with van der Waals surface area (Å²) in [5.41, 5.74) is 1.20. The predicted molar refractivity (Wildman–Crippen MR) is 88.3 cm³/mol. The molecule has 3 atom stereocenters. The Labute approximate surface area is 135 Å². The first-order valence-corrected chi connectivity index (χ1v) is 8.77. The van der Waals surface area contributed by atoms with E-state index in [9.17, 15) is 0 Å². The van der Waals surface area contributed by atoms with Crippen molar-refractivity contribution in [3.05, 3.63) is 33.3 Å². The Balaban J connectivity index is 1.68. The molecule has 0 spiro atoms. The van der Waals surface area contributed by atoms with Crippen LogP contribution in [0, 0.1) is 0 Å². The summed E-state index contributed by atoms with van der Waals surface area (Å²) in [6, 6.07) is 7.84. The van der Waals surface area contributed by atoms with Crippen LogP contribution in [-0.4, -0.2) is 30.1 Å². The first-order valence-electron chi connectivity index (χ1n) is 7.60. The van der Waals surface area contributed by atoms with Crippen molar-refractivity contribution in [1.82, 2.24) is 10.2 Å². The van der Waals surface area contributed by atoms with E-state index in [2.05, 4.69) is 45.2 Å². The second-order valence-electron chi connectivity index (χ2n) is 6.05. The second kappa shape index (κ2) is 6.35. The zero-order valence-electron chi connectivity index (χ0n) is 11.9. The molecule has 0 bridgehead atoms. The first kappa shape index (κ1) is 14.8. The fraction of sp³-hybridized carbons (Fsp3) is 0.625. The molecule has 2 aliphatic rings. The van der Waals surface area contributed by atoms with Crippen molar-refractivity contribution in [3.8, 4) is 0 Å². The topological polar surface area (TPSA) is 15.3 Å². The molecule has 0 saturated carbocycles. The normalized spacial score (nSPS) is 28.4. The average molecular weight is 358 g/mol. The molecule has 0 aromatic heterocycles. The quantitative estimate of drug-likeness (QED) is 0.863. The van der Waals surface area contributed by atoms with Crippen molar-refractivity contribution in [2.75, 3.05) is 13.1 Å². The Hall–Kier alpha value is -0.0900. The summed E-state index contributed by atoms with van der Waals surface area (Å²) in [5, 5.41) is 4.66. The lowest BCUT2D eigenvalue weighted by Gasteiger charge is -2.34. The van der Waals surface area contributed by atoms with E-state index in [0.29, 0.717) is 12.1 Å². The van der Waals surface area contributed by atoms with Crippen molar-refractivity contribution < 1.29 is 0 Å². The number of halogens is 2. The molecule has 1 aromatic carbocycles. The van der Waals surface area contributed by atoms with Crippen LogP contribution in [0.2, 0.25) is 5.02 Å². The minimum Gasteiger partial charge on any atom is -0.306 e. The molecular formula is C16H22BrClN2. The van der Waals surface area contributed by atoms with E-state index >= 15 is 0 Å². The van der Waals surface area contributed by atoms with Crippen LogP contribution in [0.15, 0.2) is 22.7 Å². The smallest absolute Gasteiger partial charge is 0.0464 e. The van der Waals surface area contributed by atoms with Crippen LogP contribution in [-0.2, 0) is 0 Å². The van der Waals surface area contributed by atoms with E-state index in [-0.39, 0.29) is 0 Å². The van der Waals surface area contributed by atoms with Gasteiger partial charge in [-0.1, -0.05) is 40.0 Å². The highest BCUT2D eigenvalue weighted by molar-refractivity contribution is 9.10. The molecule has 2 nitrogen and oxygen atoms in total. The third-order valence-electron chi connectivity index (χ3n) is 4.75. The van der Waals surface area contributed by atoms with Crippen LogP contribution in [0.1, 0.15) is 44.2 Å². The van der Waals surface area contributed by atoms with Gasteiger partial charge in [0.05, 0.1) is 0 Å². The van der Waals surface area contributed by atoms with E-state index < -0.39 is 0 Å². The molecule has 1 aromatic rings. The first-order chi connectivity index (χ1) is 9.65. The van der Waals surface area contributed by atoms with Gasteiger partial charge in [0, 0.05) is 34.2 Å². The Morgan fingerprint density at radius 2 is 2.15 bits per heavy atom. The maximum Gasteiger partial charge on any atom is 0.0464 e. The number of hydrogen-bond acceptors (Lipinski definition) is 2. The Morgan fingerprint density at radius 3 is 2.95 bits per heavy atom. The van der Waals surface area contributed by atoms with Gasteiger partial charge >= 0.3 is 0 Å². The highest BCUT2D eigenvalue weighted by Gasteiger charge is 2.35. The standard InChI is InChI=1S/C16H22BrClN2/c1-11(13-6-5-12(17)10-14(13)18)19-15-7-9-20-8-3-2-4-16(15)20/h5-6,10-11,15-16,19H,2-4,7-9H2,1H3. The summed E-state index contributed by atoms with van der Waals surface area (Å²) >= 11 is 9.83. The summed E-state index contributed by atoms with van der Waals surface area (Å²) in [5.74, 6) is 0. The summed E-state index contributed by atoms with van der Waals surface area (Å²) < 4.78 is 1.04. The molecule has 2 heterocycles. The molecule has 3 unspecified atom stereocenters. The summed E-state index contributed by atoms with van der Waals surface area (Å²) in [6.07, 6.45) is 5.37. The third kappa shape index (κ3) is 3.06. The van der Waals surface area contributed by atoms with Crippen LogP contribution < -0.4 is 5.32 Å². The Morgan fingerprint density at radius 1 is 1.30 bits per heavy atom. The maximum atomic E-state index is 6.37. The molecule has 1 N–H and O–H groups in total. The zero-order chi connectivity index (χ0) is 14.1. The lowest BCUT2D eigenvalue weighted by atomic mass is 9.97. The second-order valence-corrected chi connectivity index (χ2v) is 7.37. The molecule has 2 fully saturated rings. The molecule has 3 rings (SSSR count). The number of rotatable bonds is 3. The summed E-state index contributed by atoms with van der Waals surface area (Å²) in [4.78, 5) is 2.66. The highest BCUT2D eigenvalue weighted by Crippen LogP contribution is 2.31. The monoisotopic (exact) mass is 356 g/mol. The fourth-order valence-corrected chi connectivity index (χ4v) is 4.54. The number of nitrogens with zero attached hydrogens (tertiary/aromatic N) is 1. The number of hydrogen-bond donors (Lipinski definition) is 1. The number of nitrogens with one attached hydrogen (secondary N) is 1. The number of piperidine rings is 1. The highest BCUT2D eigenvalue weighted by atomic mass is 79.9. The molecule has 0 amide bonds. The van der Waals surface area contributed by atoms with Gasteiger partial charge in [-0.25, -0.2) is 0 Å². The van der Waals surface area contributed by atoms with Gasteiger partial charge in [0.1, 0.15) is 0 Å². The van der Waals surface area contributed by atoms with E-state index in [1.807, 2.05) is 6.07 Å². The van der Waals surface area contributed by atoms with Gasteiger partial charge < -0.3 is 5.32 Å². The lowest BCUT2D eigenvalue weighted by molar-refractivity contribution is 0.177. The van der Waals surface area contributed by atoms with Crippen molar-refractivity contribution in [3.63, 3.8) is 0 Å². The zero-order valence-corrected chi connectivity index (χ0v) is 14.3. The minimum atomic E-state index is 0.308. The molecule has 2 aliphatic heterocycles. The molecule has 0 aliphatic carbocycles. The number of benzene rings is 1. The van der Waals surface area contributed by atoms with Crippen molar-refractivity contribution >= 4 is 27.5 Å². The van der Waals surface area contributed by atoms with Gasteiger partial charge in [-0.3, -0.25) is 4.90 Å². The molecular weight excluding hydrogens is 336 g/mol. The van der Waals surface area contributed by atoms with E-state index in [0.717, 1.165) is 15.5 Å². The minimum absolute atomic E-state index is 0.308. The van der Waals surface area contributed by atoms with Crippen molar-refractivity contribution in [2.24, 2.45) is 0 Å². The van der Waals surface area contributed by atoms with Gasteiger partial charge in [-0.05, 0) is 50.4 Å². The summed E-state index contributed by atoms with van der Waals surface area (Å²) in [6.45, 7) is 4.76. The van der Waals surface area contributed by atoms with Crippen molar-refractivity contribution in [2.45, 2.75) is 50.7 Å². The largest absolute Gasteiger partial charge is 0.306 e. The van der Waals surface area contributed by atoms with Crippen LogP contribution >= 0.6 is 27.5 Å². The number of fused-ring (bicyclic) bond motifs is 1. The van der Waals surface area contributed by atoms with Gasteiger partial charge in [0.25, 0.3) is 0 Å². The van der Waals surface area contributed by atoms with Gasteiger partial charge in [0.15, 0.2) is 0 Å². The third-order valence-corrected chi connectivity index (χ3v) is 5.57. The molecule has 0 radical (unpaired) electrons. The summed E-state index contributed by atoms with van der Waals surface area (Å²) in [7, 11) is 0. The van der Waals surface area contributed by atoms with Crippen LogP contribution in [0.25, 0.3) is 0 Å². The van der Waals surface area contributed by atoms with Gasteiger partial charge in [0.2, 0.25) is 0 Å². The van der Waals surface area contributed by atoms with Gasteiger partial charge in [-0.15, -0.1) is 0 Å². The lowest BCUT2D eigenvalue weighted by Crippen LogP contribution is -2.45. The van der Waals surface area contributed by atoms with Crippen molar-refractivity contribution in [1.29, 1.82) is 0 Å². The van der Waals surface area contributed by atoms with E-state index in [4.69, 9.17) is 11.6 Å². The SMILES string of the molecule is CC(NC1CCN2CCCCC12)c1ccc(Br)cc1Cl.